The zero-order chi connectivity index (χ0) is 15.1. The minimum Gasteiger partial charge on any atom is -0.384 e. The van der Waals surface area contributed by atoms with Crippen molar-refractivity contribution in [2.24, 2.45) is 17.1 Å². The number of hydrogen-bond donors (Lipinski definition) is 3. The Morgan fingerprint density at radius 2 is 2.00 bits per heavy atom. The third-order valence-electron chi connectivity index (χ3n) is 5.25. The molecule has 1 unspecified atom stereocenters. The number of nitrogens with one attached hydrogen (secondary N) is 2. The number of ether oxygens (including phenoxy) is 1. The quantitative estimate of drug-likeness (QED) is 0.684. The van der Waals surface area contributed by atoms with Crippen molar-refractivity contribution in [3.63, 3.8) is 0 Å². The highest BCUT2D eigenvalue weighted by Gasteiger charge is 2.41. The van der Waals surface area contributed by atoms with Gasteiger partial charge in [-0.1, -0.05) is 19.3 Å². The third-order valence-corrected chi connectivity index (χ3v) is 5.25. The molecule has 5 heteroatoms. The Hall–Kier alpha value is -0.650. The molecule has 0 aromatic rings. The Kier molecular flexibility index (Phi) is 6.45. The smallest absolute Gasteiger partial charge is 0.228 e. The van der Waals surface area contributed by atoms with Gasteiger partial charge in [0.05, 0.1) is 12.0 Å². The van der Waals surface area contributed by atoms with Crippen molar-refractivity contribution in [3.05, 3.63) is 0 Å². The molecule has 1 amide bonds. The number of amides is 1. The van der Waals surface area contributed by atoms with Crippen LogP contribution in [0.3, 0.4) is 0 Å². The summed E-state index contributed by atoms with van der Waals surface area (Å²) in [7, 11) is 1.68. The van der Waals surface area contributed by atoms with Gasteiger partial charge < -0.3 is 21.1 Å². The van der Waals surface area contributed by atoms with Gasteiger partial charge in [-0.25, -0.2) is 0 Å². The average molecular weight is 297 g/mol. The van der Waals surface area contributed by atoms with Crippen LogP contribution in [-0.2, 0) is 9.53 Å². The van der Waals surface area contributed by atoms with Crippen LogP contribution in [0.1, 0.15) is 44.9 Å². The Balaban J connectivity index is 1.98. The van der Waals surface area contributed by atoms with Gasteiger partial charge in [0.25, 0.3) is 0 Å². The summed E-state index contributed by atoms with van der Waals surface area (Å²) < 4.78 is 5.35. The lowest BCUT2D eigenvalue weighted by molar-refractivity contribution is -0.137. The summed E-state index contributed by atoms with van der Waals surface area (Å²) in [6.07, 6.45) is 7.93. The van der Waals surface area contributed by atoms with E-state index in [0.717, 1.165) is 25.9 Å². The predicted molar refractivity (Wildman–Crippen MR) is 84.0 cm³/mol. The van der Waals surface area contributed by atoms with E-state index in [-0.39, 0.29) is 17.4 Å². The number of methoxy groups -OCH3 is 1. The first-order valence-electron chi connectivity index (χ1n) is 8.42. The van der Waals surface area contributed by atoms with Gasteiger partial charge >= 0.3 is 0 Å². The second-order valence-electron chi connectivity index (χ2n) is 6.68. The summed E-state index contributed by atoms with van der Waals surface area (Å²) >= 11 is 0. The molecule has 5 nitrogen and oxygen atoms in total. The van der Waals surface area contributed by atoms with E-state index in [1.54, 1.807) is 7.11 Å². The monoisotopic (exact) mass is 297 g/mol. The first kappa shape index (κ1) is 16.7. The second-order valence-corrected chi connectivity index (χ2v) is 6.68. The number of carbonyl (C=O) groups excluding carboxylic acids is 1. The van der Waals surface area contributed by atoms with Crippen molar-refractivity contribution in [1.82, 2.24) is 10.6 Å². The largest absolute Gasteiger partial charge is 0.384 e. The van der Waals surface area contributed by atoms with Crippen molar-refractivity contribution in [2.75, 3.05) is 33.4 Å². The molecule has 1 heterocycles. The first-order chi connectivity index (χ1) is 10.2. The number of nitrogens with two attached hydrogens (primary N) is 1. The zero-order valence-electron chi connectivity index (χ0n) is 13.3. The van der Waals surface area contributed by atoms with Crippen LogP contribution in [0.2, 0.25) is 0 Å². The van der Waals surface area contributed by atoms with Crippen molar-refractivity contribution >= 4 is 5.91 Å². The fraction of sp³-hybridized carbons (Fsp3) is 0.938. The summed E-state index contributed by atoms with van der Waals surface area (Å²) in [4.78, 5) is 12.8. The van der Waals surface area contributed by atoms with E-state index in [2.05, 4.69) is 10.6 Å². The highest BCUT2D eigenvalue weighted by molar-refractivity contribution is 5.83. The first-order valence-corrected chi connectivity index (χ1v) is 8.42. The van der Waals surface area contributed by atoms with E-state index in [4.69, 9.17) is 10.5 Å². The molecule has 2 aliphatic rings. The summed E-state index contributed by atoms with van der Waals surface area (Å²) in [5.74, 6) is 0.695. The predicted octanol–water partition coefficient (Wildman–Crippen LogP) is 1.03. The van der Waals surface area contributed by atoms with Gasteiger partial charge in [0.15, 0.2) is 0 Å². The molecule has 122 valence electrons. The van der Waals surface area contributed by atoms with Crippen LogP contribution in [0.15, 0.2) is 0 Å². The topological polar surface area (TPSA) is 76.4 Å². The molecule has 1 saturated carbocycles. The lowest BCUT2D eigenvalue weighted by atomic mass is 9.77. The molecule has 2 fully saturated rings. The molecule has 0 aromatic heterocycles. The standard InChI is InChI=1S/C16H31N3O2/c1-21-12-16(7-9-18-10-8-16)15(20)19-14(11-17)13-5-3-2-4-6-13/h13-14,18H,2-12,17H2,1H3,(H,19,20). The summed E-state index contributed by atoms with van der Waals surface area (Å²) in [6.45, 7) is 2.81. The summed E-state index contributed by atoms with van der Waals surface area (Å²) in [5, 5.41) is 6.58. The molecule has 0 radical (unpaired) electrons. The van der Waals surface area contributed by atoms with E-state index in [1.165, 1.54) is 32.1 Å². The van der Waals surface area contributed by atoms with Crippen molar-refractivity contribution < 1.29 is 9.53 Å². The molecule has 21 heavy (non-hydrogen) atoms. The third kappa shape index (κ3) is 4.18. The molecular weight excluding hydrogens is 266 g/mol. The lowest BCUT2D eigenvalue weighted by Crippen LogP contribution is -2.55. The van der Waals surface area contributed by atoms with E-state index >= 15 is 0 Å². The van der Waals surface area contributed by atoms with Gasteiger partial charge in [-0.05, 0) is 44.7 Å². The lowest BCUT2D eigenvalue weighted by Gasteiger charge is -2.38. The van der Waals surface area contributed by atoms with Gasteiger partial charge in [0, 0.05) is 19.7 Å². The minimum absolute atomic E-state index is 0.126. The van der Waals surface area contributed by atoms with Crippen LogP contribution < -0.4 is 16.4 Å². The normalized spacial score (nSPS) is 24.5. The van der Waals surface area contributed by atoms with E-state index < -0.39 is 0 Å². The fourth-order valence-electron chi connectivity index (χ4n) is 3.85. The van der Waals surface area contributed by atoms with Gasteiger partial charge in [-0.15, -0.1) is 0 Å². The number of piperidine rings is 1. The molecule has 1 atom stereocenters. The zero-order valence-corrected chi connectivity index (χ0v) is 13.3. The second kappa shape index (κ2) is 8.11. The van der Waals surface area contributed by atoms with Gasteiger partial charge in [0.2, 0.25) is 5.91 Å². The van der Waals surface area contributed by atoms with Crippen molar-refractivity contribution in [1.29, 1.82) is 0 Å². The van der Waals surface area contributed by atoms with Crippen LogP contribution in [0.4, 0.5) is 0 Å². The Morgan fingerprint density at radius 1 is 1.33 bits per heavy atom. The molecule has 1 aliphatic heterocycles. The molecular formula is C16H31N3O2. The minimum atomic E-state index is -0.373. The molecule has 2 rings (SSSR count). The van der Waals surface area contributed by atoms with E-state index in [1.807, 2.05) is 0 Å². The maximum absolute atomic E-state index is 12.8. The summed E-state index contributed by atoms with van der Waals surface area (Å²) in [6, 6.07) is 0.126. The highest BCUT2D eigenvalue weighted by Crippen LogP contribution is 2.31. The maximum Gasteiger partial charge on any atom is 0.228 e. The Morgan fingerprint density at radius 3 is 2.57 bits per heavy atom. The molecule has 0 spiro atoms. The molecule has 0 aromatic carbocycles. The molecule has 0 bridgehead atoms. The SMILES string of the molecule is COCC1(C(=O)NC(CN)C2CCCCC2)CCNCC1. The Labute approximate surface area is 128 Å². The molecule has 1 aliphatic carbocycles. The van der Waals surface area contributed by atoms with E-state index in [9.17, 15) is 4.79 Å². The van der Waals surface area contributed by atoms with Crippen LogP contribution >= 0.6 is 0 Å². The number of hydrogen-bond acceptors (Lipinski definition) is 4. The Bertz CT molecular complexity index is 318. The molecule has 4 N–H and O–H groups in total. The van der Waals surface area contributed by atoms with Crippen LogP contribution in [0, 0.1) is 11.3 Å². The van der Waals surface area contributed by atoms with Gasteiger partial charge in [0.1, 0.15) is 0 Å². The van der Waals surface area contributed by atoms with E-state index in [0.29, 0.717) is 19.1 Å². The number of rotatable bonds is 6. The maximum atomic E-state index is 12.8. The van der Waals surface area contributed by atoms with Crippen molar-refractivity contribution in [3.8, 4) is 0 Å². The van der Waals surface area contributed by atoms with Crippen LogP contribution in [0.5, 0.6) is 0 Å². The fourth-order valence-corrected chi connectivity index (χ4v) is 3.85. The number of carbonyl (C=O) groups is 1. The molecule has 1 saturated heterocycles. The summed E-state index contributed by atoms with van der Waals surface area (Å²) in [5.41, 5.74) is 5.57. The van der Waals surface area contributed by atoms with Gasteiger partial charge in [-0.3, -0.25) is 4.79 Å². The van der Waals surface area contributed by atoms with Crippen molar-refractivity contribution in [2.45, 2.75) is 51.0 Å². The highest BCUT2D eigenvalue weighted by atomic mass is 16.5. The van der Waals surface area contributed by atoms with Crippen LogP contribution in [0.25, 0.3) is 0 Å². The van der Waals surface area contributed by atoms with Gasteiger partial charge in [-0.2, -0.15) is 0 Å². The average Bonchev–Trinajstić information content (AvgIpc) is 2.54. The van der Waals surface area contributed by atoms with Crippen LogP contribution in [-0.4, -0.2) is 45.3 Å².